The molecule has 1 N–H and O–H groups in total. The van der Waals surface area contributed by atoms with E-state index >= 15 is 0 Å². The highest BCUT2D eigenvalue weighted by molar-refractivity contribution is 14.1. The van der Waals surface area contributed by atoms with Crippen molar-refractivity contribution >= 4 is 22.6 Å². The highest BCUT2D eigenvalue weighted by Gasteiger charge is 2.03. The van der Waals surface area contributed by atoms with Crippen molar-refractivity contribution in [3.63, 3.8) is 0 Å². The SMILES string of the molecule is OCc1ccnc(I)c1F. The van der Waals surface area contributed by atoms with Crippen LogP contribution < -0.4 is 0 Å². The van der Waals surface area contributed by atoms with Crippen LogP contribution in [0.4, 0.5) is 4.39 Å². The van der Waals surface area contributed by atoms with E-state index < -0.39 is 5.82 Å². The van der Waals surface area contributed by atoms with E-state index in [0.29, 0.717) is 9.26 Å². The molecule has 10 heavy (non-hydrogen) atoms. The molecule has 0 aliphatic rings. The molecule has 0 saturated heterocycles. The highest BCUT2D eigenvalue weighted by atomic mass is 127. The first-order valence-electron chi connectivity index (χ1n) is 2.65. The van der Waals surface area contributed by atoms with Crippen LogP contribution in [-0.4, -0.2) is 10.1 Å². The number of aliphatic hydroxyl groups excluding tert-OH is 1. The summed E-state index contributed by atoms with van der Waals surface area (Å²) in [4.78, 5) is 3.69. The second kappa shape index (κ2) is 3.25. The van der Waals surface area contributed by atoms with Gasteiger partial charge in [-0.1, -0.05) is 0 Å². The molecule has 0 aliphatic heterocycles. The molecule has 1 aromatic rings. The molecule has 0 radical (unpaired) electrons. The molecule has 0 aromatic carbocycles. The fourth-order valence-corrected chi connectivity index (χ4v) is 1.08. The third-order valence-corrected chi connectivity index (χ3v) is 1.85. The molecule has 0 bridgehead atoms. The summed E-state index contributed by atoms with van der Waals surface area (Å²) >= 11 is 1.78. The van der Waals surface area contributed by atoms with Crippen LogP contribution in [0.25, 0.3) is 0 Å². The summed E-state index contributed by atoms with van der Waals surface area (Å²) in [6.45, 7) is -0.273. The monoisotopic (exact) mass is 253 g/mol. The zero-order chi connectivity index (χ0) is 7.56. The minimum absolute atomic E-state index is 0.273. The molecule has 4 heteroatoms. The van der Waals surface area contributed by atoms with Crippen molar-refractivity contribution in [2.24, 2.45) is 0 Å². The van der Waals surface area contributed by atoms with Crippen LogP contribution in [-0.2, 0) is 6.61 Å². The summed E-state index contributed by atoms with van der Waals surface area (Å²) < 4.78 is 13.1. The van der Waals surface area contributed by atoms with Crippen LogP contribution >= 0.6 is 22.6 Å². The third kappa shape index (κ3) is 1.43. The molecule has 0 saturated carbocycles. The van der Waals surface area contributed by atoms with Gasteiger partial charge in [0.05, 0.1) is 6.61 Å². The molecule has 54 valence electrons. The van der Waals surface area contributed by atoms with Gasteiger partial charge in [-0.25, -0.2) is 9.37 Å². The Bertz CT molecular complexity index is 241. The Morgan fingerprint density at radius 3 is 2.90 bits per heavy atom. The van der Waals surface area contributed by atoms with Crippen molar-refractivity contribution in [2.45, 2.75) is 6.61 Å². The molecule has 0 fully saturated rings. The first kappa shape index (κ1) is 7.87. The van der Waals surface area contributed by atoms with Crippen molar-refractivity contribution in [3.8, 4) is 0 Å². The number of aliphatic hydroxyl groups is 1. The summed E-state index contributed by atoms with van der Waals surface area (Å²) in [7, 11) is 0. The number of hydrogen-bond donors (Lipinski definition) is 1. The molecular weight excluding hydrogens is 248 g/mol. The standard InChI is InChI=1S/C6H5FINO/c7-5-4(3-10)1-2-9-6(5)8/h1-2,10H,3H2. The van der Waals surface area contributed by atoms with Crippen molar-refractivity contribution in [1.29, 1.82) is 0 Å². The van der Waals surface area contributed by atoms with Crippen LogP contribution in [0, 0.1) is 9.52 Å². The van der Waals surface area contributed by atoms with E-state index in [1.807, 2.05) is 0 Å². The maximum atomic E-state index is 12.8. The van der Waals surface area contributed by atoms with Crippen molar-refractivity contribution < 1.29 is 9.50 Å². The van der Waals surface area contributed by atoms with Crippen molar-refractivity contribution in [3.05, 3.63) is 27.3 Å². The summed E-state index contributed by atoms with van der Waals surface area (Å²) in [6.07, 6.45) is 1.47. The minimum Gasteiger partial charge on any atom is -0.392 e. The molecule has 0 amide bonds. The van der Waals surface area contributed by atoms with Gasteiger partial charge in [0.15, 0.2) is 5.82 Å². The van der Waals surface area contributed by atoms with Gasteiger partial charge in [-0.3, -0.25) is 0 Å². The summed E-state index contributed by atoms with van der Waals surface area (Å²) in [5.74, 6) is -0.425. The molecule has 1 heterocycles. The first-order valence-corrected chi connectivity index (χ1v) is 3.73. The highest BCUT2D eigenvalue weighted by Crippen LogP contribution is 2.11. The maximum Gasteiger partial charge on any atom is 0.160 e. The van der Waals surface area contributed by atoms with E-state index in [2.05, 4.69) is 4.98 Å². The van der Waals surface area contributed by atoms with Gasteiger partial charge >= 0.3 is 0 Å². The van der Waals surface area contributed by atoms with Gasteiger partial charge in [0.2, 0.25) is 0 Å². The van der Waals surface area contributed by atoms with Crippen molar-refractivity contribution in [2.75, 3.05) is 0 Å². The van der Waals surface area contributed by atoms with E-state index in [1.54, 1.807) is 22.6 Å². The van der Waals surface area contributed by atoms with Crippen LogP contribution in [0.15, 0.2) is 12.3 Å². The summed E-state index contributed by atoms with van der Waals surface area (Å²) in [5.41, 5.74) is 0.291. The lowest BCUT2D eigenvalue weighted by Gasteiger charge is -1.97. The molecule has 0 aliphatic carbocycles. The second-order valence-corrected chi connectivity index (χ2v) is 2.75. The normalized spacial score (nSPS) is 9.90. The minimum atomic E-state index is -0.425. The molecule has 0 unspecified atom stereocenters. The van der Waals surface area contributed by atoms with Crippen LogP contribution in [0.2, 0.25) is 0 Å². The molecule has 0 spiro atoms. The predicted molar refractivity (Wildman–Crippen MR) is 42.8 cm³/mol. The van der Waals surface area contributed by atoms with Crippen LogP contribution in [0.3, 0.4) is 0 Å². The molecule has 0 atom stereocenters. The lowest BCUT2D eigenvalue weighted by atomic mass is 10.3. The zero-order valence-corrected chi connectivity index (χ0v) is 7.17. The largest absolute Gasteiger partial charge is 0.392 e. The zero-order valence-electron chi connectivity index (χ0n) is 5.01. The number of rotatable bonds is 1. The number of nitrogens with zero attached hydrogens (tertiary/aromatic N) is 1. The Morgan fingerprint density at radius 1 is 1.70 bits per heavy atom. The Morgan fingerprint density at radius 2 is 2.40 bits per heavy atom. The Kier molecular flexibility index (Phi) is 2.56. The van der Waals surface area contributed by atoms with Gasteiger partial charge in [0.25, 0.3) is 0 Å². The molecule has 1 aromatic heterocycles. The fourth-order valence-electron chi connectivity index (χ4n) is 0.577. The summed E-state index contributed by atoms with van der Waals surface area (Å²) in [5, 5.41) is 8.57. The van der Waals surface area contributed by atoms with Gasteiger partial charge in [-0.2, -0.15) is 0 Å². The Labute approximate surface area is 71.2 Å². The number of pyridine rings is 1. The van der Waals surface area contributed by atoms with Gasteiger partial charge in [0, 0.05) is 11.8 Å². The molecule has 1 rings (SSSR count). The first-order chi connectivity index (χ1) is 4.75. The Hall–Kier alpha value is -0.230. The smallest absolute Gasteiger partial charge is 0.160 e. The van der Waals surface area contributed by atoms with E-state index in [4.69, 9.17) is 5.11 Å². The summed E-state index contributed by atoms with van der Waals surface area (Å²) in [6, 6.07) is 1.46. The Balaban J connectivity index is 3.14. The third-order valence-electron chi connectivity index (χ3n) is 1.10. The second-order valence-electron chi connectivity index (χ2n) is 1.73. The topological polar surface area (TPSA) is 33.1 Å². The molecular formula is C6H5FINO. The van der Waals surface area contributed by atoms with Gasteiger partial charge < -0.3 is 5.11 Å². The van der Waals surface area contributed by atoms with Gasteiger partial charge in [0.1, 0.15) is 3.70 Å². The quantitative estimate of drug-likeness (QED) is 0.604. The lowest BCUT2D eigenvalue weighted by molar-refractivity contribution is 0.275. The maximum absolute atomic E-state index is 12.8. The number of aromatic nitrogens is 1. The number of halogens is 2. The van der Waals surface area contributed by atoms with Gasteiger partial charge in [-0.05, 0) is 28.7 Å². The van der Waals surface area contributed by atoms with E-state index in [1.165, 1.54) is 12.3 Å². The number of hydrogen-bond acceptors (Lipinski definition) is 2. The molecule has 2 nitrogen and oxygen atoms in total. The average molecular weight is 253 g/mol. The predicted octanol–water partition coefficient (Wildman–Crippen LogP) is 1.32. The van der Waals surface area contributed by atoms with Crippen LogP contribution in [0.5, 0.6) is 0 Å². The fraction of sp³-hybridized carbons (Fsp3) is 0.167. The van der Waals surface area contributed by atoms with E-state index in [-0.39, 0.29) is 6.61 Å². The van der Waals surface area contributed by atoms with E-state index in [9.17, 15) is 4.39 Å². The van der Waals surface area contributed by atoms with Gasteiger partial charge in [-0.15, -0.1) is 0 Å². The van der Waals surface area contributed by atoms with Crippen molar-refractivity contribution in [1.82, 2.24) is 4.98 Å². The van der Waals surface area contributed by atoms with E-state index in [0.717, 1.165) is 0 Å². The average Bonchev–Trinajstić information content (AvgIpc) is 1.95. The van der Waals surface area contributed by atoms with Crippen LogP contribution in [0.1, 0.15) is 5.56 Å². The lowest BCUT2D eigenvalue weighted by Crippen LogP contribution is -1.94.